The number of imidazole rings is 1. The first-order valence-corrected chi connectivity index (χ1v) is 12.6. The summed E-state index contributed by atoms with van der Waals surface area (Å²) in [4.78, 5) is 51.6. The molecule has 200 valence electrons. The molecule has 0 spiro atoms. The number of aryl methyl sites for hydroxylation is 2. The zero-order valence-electron chi connectivity index (χ0n) is 21.0. The zero-order chi connectivity index (χ0) is 27.8. The Balaban J connectivity index is 2.00. The quantitative estimate of drug-likeness (QED) is 0.0941. The fourth-order valence-electron chi connectivity index (χ4n) is 3.68. The van der Waals surface area contributed by atoms with E-state index in [0.29, 0.717) is 42.0 Å². The molecule has 0 saturated heterocycles. The Hall–Kier alpha value is -4.35. The van der Waals surface area contributed by atoms with Gasteiger partial charge in [0.05, 0.1) is 12.6 Å². The van der Waals surface area contributed by atoms with E-state index in [2.05, 4.69) is 20.6 Å². The number of fused-ring (bicyclic) bond motifs is 1. The lowest BCUT2D eigenvalue weighted by Crippen LogP contribution is -2.27. The number of likely N-dealkylation sites (N-methyl/N-ethyl adjacent to an activating group) is 1. The average molecular weight is 542 g/mol. The van der Waals surface area contributed by atoms with Crippen molar-refractivity contribution in [3.8, 4) is 11.5 Å². The molecule has 0 aliphatic heterocycles. The van der Waals surface area contributed by atoms with Crippen LogP contribution in [0.2, 0.25) is 0 Å². The van der Waals surface area contributed by atoms with E-state index in [1.54, 1.807) is 35.8 Å². The lowest BCUT2D eigenvalue weighted by atomic mass is 10.1. The molecule has 1 unspecified atom stereocenters. The molecule has 3 rings (SSSR count). The summed E-state index contributed by atoms with van der Waals surface area (Å²) in [5, 5.41) is 13.5. The number of aromatic nitrogens is 2. The number of amides is 2. The number of primary amides is 1. The van der Waals surface area contributed by atoms with Gasteiger partial charge in [0, 0.05) is 29.3 Å². The zero-order valence-corrected chi connectivity index (χ0v) is 21.9. The number of carbonyl (C=O) groups is 2. The summed E-state index contributed by atoms with van der Waals surface area (Å²) in [6, 6.07) is 9.78. The van der Waals surface area contributed by atoms with Gasteiger partial charge >= 0.3 is 8.53 Å². The van der Waals surface area contributed by atoms with Crippen molar-refractivity contribution >= 4 is 43.0 Å². The summed E-state index contributed by atoms with van der Waals surface area (Å²) in [5.74, 6) is -0.284. The second-order valence-corrected chi connectivity index (χ2v) is 8.89. The number of nitrogens with zero attached hydrogens (tertiary/aromatic N) is 3. The summed E-state index contributed by atoms with van der Waals surface area (Å²) in [7, 11) is -0.960. The van der Waals surface area contributed by atoms with Crippen LogP contribution in [0.4, 0.5) is 5.95 Å². The highest BCUT2D eigenvalue weighted by Crippen LogP contribution is 2.35. The number of rotatable bonds is 13. The SMILES string of the molecule is CCN/C(=C\C(C)=N)C(=O)Nc1nc2cc(C(N)=O)cc(OC)c2n1CCc1ccc(OP(O)N=O)cc1. The second-order valence-electron chi connectivity index (χ2n) is 8.04. The van der Waals surface area contributed by atoms with Crippen LogP contribution in [0.15, 0.2) is 53.1 Å². The highest BCUT2D eigenvalue weighted by Gasteiger charge is 2.21. The Morgan fingerprint density at radius 2 is 2.00 bits per heavy atom. The van der Waals surface area contributed by atoms with E-state index in [-0.39, 0.29) is 22.9 Å². The van der Waals surface area contributed by atoms with Gasteiger partial charge in [-0.2, -0.15) is 0 Å². The molecule has 13 nitrogen and oxygen atoms in total. The van der Waals surface area contributed by atoms with E-state index in [1.165, 1.54) is 25.3 Å². The van der Waals surface area contributed by atoms with Crippen molar-refractivity contribution in [3.05, 3.63) is 64.2 Å². The number of nitrogens with two attached hydrogens (primary N) is 1. The van der Waals surface area contributed by atoms with Crippen molar-refractivity contribution in [1.29, 1.82) is 5.41 Å². The third-order valence-corrected chi connectivity index (χ3v) is 5.83. The van der Waals surface area contributed by atoms with Gasteiger partial charge in [0.25, 0.3) is 5.91 Å². The van der Waals surface area contributed by atoms with Crippen LogP contribution in [0, 0.1) is 10.3 Å². The highest BCUT2D eigenvalue weighted by atomic mass is 31.2. The number of methoxy groups -OCH3 is 1. The molecule has 1 aromatic heterocycles. The van der Waals surface area contributed by atoms with E-state index in [4.69, 9.17) is 20.4 Å². The molecule has 14 heteroatoms. The first kappa shape index (κ1) is 28.2. The van der Waals surface area contributed by atoms with E-state index in [9.17, 15) is 19.4 Å². The highest BCUT2D eigenvalue weighted by molar-refractivity contribution is 7.44. The Morgan fingerprint density at radius 1 is 1.29 bits per heavy atom. The molecule has 3 aromatic rings. The summed E-state index contributed by atoms with van der Waals surface area (Å²) in [6.07, 6.45) is 1.91. The summed E-state index contributed by atoms with van der Waals surface area (Å²) >= 11 is 0. The van der Waals surface area contributed by atoms with E-state index in [0.717, 1.165) is 5.56 Å². The molecule has 0 radical (unpaired) electrons. The fourth-order valence-corrected chi connectivity index (χ4v) is 4.03. The molecule has 38 heavy (non-hydrogen) atoms. The molecule has 2 aromatic carbocycles. The Labute approximate surface area is 219 Å². The minimum atomic E-state index is -2.41. The van der Waals surface area contributed by atoms with E-state index < -0.39 is 20.3 Å². The van der Waals surface area contributed by atoms with Crippen molar-refractivity contribution in [2.45, 2.75) is 26.8 Å². The van der Waals surface area contributed by atoms with Gasteiger partial charge in [-0.15, -0.1) is 4.91 Å². The van der Waals surface area contributed by atoms with Gasteiger partial charge in [-0.05, 0) is 56.2 Å². The number of nitrogens with one attached hydrogen (secondary N) is 3. The standard InChI is InChI=1S/C24H28N7O6P/c1-4-27-19(11-14(2)25)23(33)29-24-28-18-12-16(22(26)32)13-20(36-3)21(18)31(24)10-9-15-5-7-17(8-6-15)37-38(35)30-34/h5-8,11-13,25,27,35H,4,9-10H2,1-3H3,(H2,26,32)(H,28,29,33)/b19-11-,25-14?. The molecule has 0 aliphatic carbocycles. The van der Waals surface area contributed by atoms with Crippen molar-refractivity contribution in [2.75, 3.05) is 19.0 Å². The van der Waals surface area contributed by atoms with Crippen molar-refractivity contribution in [2.24, 2.45) is 10.7 Å². The third kappa shape index (κ3) is 6.90. The Morgan fingerprint density at radius 3 is 2.58 bits per heavy atom. The molecular weight excluding hydrogens is 513 g/mol. The van der Waals surface area contributed by atoms with Gasteiger partial charge in [-0.1, -0.05) is 12.1 Å². The molecule has 0 fully saturated rings. The number of hydrogen-bond acceptors (Lipinski definition) is 10. The number of benzene rings is 2. The molecule has 2 amide bonds. The molecule has 0 bridgehead atoms. The number of nitroso groups, excluding NO2 is 1. The number of ether oxygens (including phenoxy) is 1. The monoisotopic (exact) mass is 541 g/mol. The number of hydrogen-bond donors (Lipinski definition) is 5. The van der Waals surface area contributed by atoms with Crippen molar-refractivity contribution in [1.82, 2.24) is 14.9 Å². The predicted molar refractivity (Wildman–Crippen MR) is 144 cm³/mol. The third-order valence-electron chi connectivity index (χ3n) is 5.31. The normalized spacial score (nSPS) is 12.1. The maximum atomic E-state index is 13.1. The first-order valence-electron chi connectivity index (χ1n) is 11.5. The maximum absolute atomic E-state index is 13.1. The fraction of sp³-hybridized carbons (Fsp3) is 0.250. The molecule has 1 heterocycles. The predicted octanol–water partition coefficient (Wildman–Crippen LogP) is 3.22. The smallest absolute Gasteiger partial charge is 0.411 e. The maximum Gasteiger partial charge on any atom is 0.411 e. The molecule has 0 saturated carbocycles. The van der Waals surface area contributed by atoms with Crippen LogP contribution in [-0.2, 0) is 17.8 Å². The van der Waals surface area contributed by atoms with Crippen LogP contribution in [0.1, 0.15) is 29.8 Å². The van der Waals surface area contributed by atoms with Gasteiger partial charge in [0.1, 0.15) is 22.7 Å². The average Bonchev–Trinajstić information content (AvgIpc) is 3.23. The van der Waals surface area contributed by atoms with Crippen LogP contribution in [0.5, 0.6) is 11.5 Å². The van der Waals surface area contributed by atoms with Gasteiger partial charge in [-0.3, -0.25) is 14.9 Å². The molecule has 6 N–H and O–H groups in total. The topological polar surface area (TPSA) is 194 Å². The van der Waals surface area contributed by atoms with Gasteiger partial charge < -0.3 is 35.2 Å². The minimum absolute atomic E-state index is 0.197. The number of allylic oxidation sites excluding steroid dienone is 1. The molecular formula is C24H28N7O6P. The van der Waals surface area contributed by atoms with Gasteiger partial charge in [0.15, 0.2) is 0 Å². The van der Waals surface area contributed by atoms with Crippen LogP contribution in [-0.4, -0.2) is 45.6 Å². The largest absolute Gasteiger partial charge is 0.494 e. The molecule has 1 atom stereocenters. The van der Waals surface area contributed by atoms with Crippen LogP contribution in [0.25, 0.3) is 11.0 Å². The number of carbonyl (C=O) groups excluding carboxylic acids is 2. The lowest BCUT2D eigenvalue weighted by molar-refractivity contribution is -0.113. The summed E-state index contributed by atoms with van der Waals surface area (Å²) < 4.78 is 12.3. The lowest BCUT2D eigenvalue weighted by Gasteiger charge is -2.14. The van der Waals surface area contributed by atoms with Crippen molar-refractivity contribution < 1.29 is 23.7 Å². The second kappa shape index (κ2) is 12.7. The van der Waals surface area contributed by atoms with Crippen LogP contribution < -0.4 is 25.6 Å². The molecule has 0 aliphatic rings. The summed E-state index contributed by atoms with van der Waals surface area (Å²) in [5.41, 5.74) is 7.91. The van der Waals surface area contributed by atoms with Crippen LogP contribution >= 0.6 is 8.53 Å². The minimum Gasteiger partial charge on any atom is -0.494 e. The van der Waals surface area contributed by atoms with E-state index >= 15 is 0 Å². The first-order chi connectivity index (χ1) is 18.2. The van der Waals surface area contributed by atoms with Gasteiger partial charge in [0.2, 0.25) is 11.9 Å². The Bertz CT molecular complexity index is 1390. The number of anilines is 1. The summed E-state index contributed by atoms with van der Waals surface area (Å²) in [6.45, 7) is 4.22. The van der Waals surface area contributed by atoms with Crippen LogP contribution in [0.3, 0.4) is 0 Å². The Kier molecular flexibility index (Phi) is 9.47. The van der Waals surface area contributed by atoms with E-state index in [1.807, 2.05) is 6.92 Å². The van der Waals surface area contributed by atoms with Gasteiger partial charge in [-0.25, -0.2) is 4.98 Å². The van der Waals surface area contributed by atoms with Crippen molar-refractivity contribution in [3.63, 3.8) is 0 Å².